The fourth-order valence-corrected chi connectivity index (χ4v) is 3.15. The third-order valence-corrected chi connectivity index (χ3v) is 4.91. The van der Waals surface area contributed by atoms with Gasteiger partial charge in [-0.15, -0.1) is 0 Å². The highest BCUT2D eigenvalue weighted by Gasteiger charge is 2.37. The van der Waals surface area contributed by atoms with Gasteiger partial charge in [-0.1, -0.05) is 31.2 Å². The molecule has 5 nitrogen and oxygen atoms in total. The molecule has 0 saturated carbocycles. The molecule has 27 heavy (non-hydrogen) atoms. The number of aromatic amines is 1. The van der Waals surface area contributed by atoms with Crippen molar-refractivity contribution in [2.75, 3.05) is 20.3 Å². The number of methoxy groups -OCH3 is 1. The number of halogens is 3. The highest BCUT2D eigenvalue weighted by molar-refractivity contribution is 5.94. The molecular weight excluding hydrogens is 357 g/mol. The summed E-state index contributed by atoms with van der Waals surface area (Å²) in [4.78, 5) is 3.97. The van der Waals surface area contributed by atoms with Crippen molar-refractivity contribution >= 4 is 11.0 Å². The molecule has 0 fully saturated rings. The van der Waals surface area contributed by atoms with Gasteiger partial charge in [0.25, 0.3) is 0 Å². The van der Waals surface area contributed by atoms with Gasteiger partial charge in [0.15, 0.2) is 11.3 Å². The Morgan fingerprint density at radius 3 is 2.67 bits per heavy atom. The van der Waals surface area contributed by atoms with Crippen molar-refractivity contribution < 1.29 is 17.9 Å². The molecule has 0 aliphatic carbocycles. The SMILES string of the molecule is COCC[C@@](C)(CN)c1cccc(-c2ccnc3[nH]nc(C(F)(F)F)c23)c1. The second-order valence-corrected chi connectivity index (χ2v) is 6.74. The lowest BCUT2D eigenvalue weighted by Crippen LogP contribution is -2.33. The summed E-state index contributed by atoms with van der Waals surface area (Å²) in [5.74, 6) is 0. The van der Waals surface area contributed by atoms with Crippen molar-refractivity contribution in [1.82, 2.24) is 15.2 Å². The topological polar surface area (TPSA) is 76.8 Å². The minimum atomic E-state index is -4.57. The molecule has 8 heteroatoms. The lowest BCUT2D eigenvalue weighted by atomic mass is 9.79. The van der Waals surface area contributed by atoms with Gasteiger partial charge in [-0.3, -0.25) is 5.10 Å². The lowest BCUT2D eigenvalue weighted by molar-refractivity contribution is -0.139. The number of ether oxygens (including phenoxy) is 1. The van der Waals surface area contributed by atoms with Gasteiger partial charge in [-0.2, -0.15) is 18.3 Å². The Morgan fingerprint density at radius 1 is 1.22 bits per heavy atom. The van der Waals surface area contributed by atoms with Crippen molar-refractivity contribution in [2.24, 2.45) is 5.73 Å². The van der Waals surface area contributed by atoms with Crippen molar-refractivity contribution in [1.29, 1.82) is 0 Å². The molecule has 144 valence electrons. The van der Waals surface area contributed by atoms with Crippen LogP contribution in [0.4, 0.5) is 13.2 Å². The zero-order chi connectivity index (χ0) is 19.7. The molecule has 2 aromatic heterocycles. The molecular formula is C19H21F3N4O. The third-order valence-electron chi connectivity index (χ3n) is 4.91. The summed E-state index contributed by atoms with van der Waals surface area (Å²) in [5.41, 5.74) is 6.81. The van der Waals surface area contributed by atoms with Crippen LogP contribution in [0, 0.1) is 0 Å². The van der Waals surface area contributed by atoms with Crippen LogP contribution < -0.4 is 5.73 Å². The first-order valence-electron chi connectivity index (χ1n) is 8.50. The Bertz CT molecular complexity index is 938. The van der Waals surface area contributed by atoms with E-state index in [1.54, 1.807) is 19.2 Å². The summed E-state index contributed by atoms with van der Waals surface area (Å²) in [6, 6.07) is 8.99. The van der Waals surface area contributed by atoms with Crippen LogP contribution in [0.15, 0.2) is 36.5 Å². The van der Waals surface area contributed by atoms with E-state index in [4.69, 9.17) is 10.5 Å². The van der Waals surface area contributed by atoms with E-state index in [2.05, 4.69) is 15.2 Å². The first-order valence-corrected chi connectivity index (χ1v) is 8.50. The second-order valence-electron chi connectivity index (χ2n) is 6.74. The first kappa shape index (κ1) is 19.3. The molecule has 3 N–H and O–H groups in total. The molecule has 1 atom stereocenters. The van der Waals surface area contributed by atoms with E-state index in [-0.39, 0.29) is 16.4 Å². The van der Waals surface area contributed by atoms with E-state index in [1.807, 2.05) is 25.1 Å². The molecule has 3 rings (SSSR count). The number of nitrogens with one attached hydrogen (secondary N) is 1. The summed E-state index contributed by atoms with van der Waals surface area (Å²) in [6.45, 7) is 2.95. The van der Waals surface area contributed by atoms with Gasteiger partial charge >= 0.3 is 6.18 Å². The second kappa shape index (κ2) is 7.28. The van der Waals surface area contributed by atoms with Crippen LogP contribution in [0.1, 0.15) is 24.6 Å². The number of H-pyrrole nitrogens is 1. The maximum absolute atomic E-state index is 13.4. The number of aromatic nitrogens is 3. The van der Waals surface area contributed by atoms with E-state index in [0.717, 1.165) is 5.56 Å². The maximum atomic E-state index is 13.4. The van der Waals surface area contributed by atoms with E-state index in [1.165, 1.54) is 6.20 Å². The quantitative estimate of drug-likeness (QED) is 0.682. The fraction of sp³-hybridized carbons (Fsp3) is 0.368. The Kier molecular flexibility index (Phi) is 5.21. The van der Waals surface area contributed by atoms with Crippen LogP contribution in [0.5, 0.6) is 0 Å². The van der Waals surface area contributed by atoms with Crippen LogP contribution in [-0.2, 0) is 16.3 Å². The number of fused-ring (bicyclic) bond motifs is 1. The Balaban J connectivity index is 2.14. The van der Waals surface area contributed by atoms with Crippen LogP contribution in [0.25, 0.3) is 22.2 Å². The van der Waals surface area contributed by atoms with E-state index < -0.39 is 11.9 Å². The summed E-state index contributed by atoms with van der Waals surface area (Å²) < 4.78 is 45.3. The molecule has 0 bridgehead atoms. The van der Waals surface area contributed by atoms with Crippen molar-refractivity contribution in [3.8, 4) is 11.1 Å². The highest BCUT2D eigenvalue weighted by atomic mass is 19.4. The van der Waals surface area contributed by atoms with Crippen molar-refractivity contribution in [3.63, 3.8) is 0 Å². The normalized spacial score (nSPS) is 14.4. The zero-order valence-electron chi connectivity index (χ0n) is 15.1. The molecule has 1 aromatic carbocycles. The highest BCUT2D eigenvalue weighted by Crippen LogP contribution is 2.38. The monoisotopic (exact) mass is 378 g/mol. The average Bonchev–Trinajstić information content (AvgIpc) is 3.11. The minimum Gasteiger partial charge on any atom is -0.385 e. The molecule has 0 amide bonds. The average molecular weight is 378 g/mol. The van der Waals surface area contributed by atoms with Gasteiger partial charge in [-0.05, 0) is 29.2 Å². The number of hydrogen-bond donors (Lipinski definition) is 2. The Labute approximate surface area is 154 Å². The summed E-state index contributed by atoms with van der Waals surface area (Å²) in [6.07, 6.45) is -2.40. The largest absolute Gasteiger partial charge is 0.435 e. The van der Waals surface area contributed by atoms with Gasteiger partial charge < -0.3 is 10.5 Å². The van der Waals surface area contributed by atoms with Gasteiger partial charge in [0.2, 0.25) is 0 Å². The number of alkyl halides is 3. The lowest BCUT2D eigenvalue weighted by Gasteiger charge is -2.29. The first-order chi connectivity index (χ1) is 12.8. The number of nitrogens with zero attached hydrogens (tertiary/aromatic N) is 2. The van der Waals surface area contributed by atoms with Crippen LogP contribution in [0.2, 0.25) is 0 Å². The van der Waals surface area contributed by atoms with Crippen LogP contribution >= 0.6 is 0 Å². The van der Waals surface area contributed by atoms with E-state index in [0.29, 0.717) is 30.7 Å². The van der Waals surface area contributed by atoms with Crippen molar-refractivity contribution in [3.05, 3.63) is 47.8 Å². The Hall–Kier alpha value is -2.45. The molecule has 0 saturated heterocycles. The summed E-state index contributed by atoms with van der Waals surface area (Å²) >= 11 is 0. The molecule has 0 radical (unpaired) electrons. The third kappa shape index (κ3) is 3.68. The van der Waals surface area contributed by atoms with Gasteiger partial charge in [0, 0.05) is 31.9 Å². The molecule has 0 unspecified atom stereocenters. The Morgan fingerprint density at radius 2 is 2.00 bits per heavy atom. The smallest absolute Gasteiger partial charge is 0.385 e. The summed E-state index contributed by atoms with van der Waals surface area (Å²) in [7, 11) is 1.62. The predicted octanol–water partition coefficient (Wildman–Crippen LogP) is 3.90. The molecule has 0 aliphatic rings. The standard InChI is InChI=1S/C19H21F3N4O/c1-18(11-23,7-9-27-2)13-5-3-4-12(10-13)14-6-8-24-17-15(14)16(25-26-17)19(20,21)22/h3-6,8,10H,7,9,11,23H2,1-2H3,(H,24,25,26)/t18-/m0/s1. The molecule has 0 aliphatic heterocycles. The van der Waals surface area contributed by atoms with Gasteiger partial charge in [0.05, 0.1) is 5.39 Å². The predicted molar refractivity (Wildman–Crippen MR) is 97.2 cm³/mol. The number of hydrogen-bond acceptors (Lipinski definition) is 4. The van der Waals surface area contributed by atoms with Crippen LogP contribution in [0.3, 0.4) is 0 Å². The van der Waals surface area contributed by atoms with E-state index in [9.17, 15) is 13.2 Å². The maximum Gasteiger partial charge on any atom is 0.435 e. The molecule has 2 heterocycles. The number of nitrogens with two attached hydrogens (primary N) is 1. The van der Waals surface area contributed by atoms with Gasteiger partial charge in [0.1, 0.15) is 0 Å². The minimum absolute atomic E-state index is 0.0338. The van der Waals surface area contributed by atoms with Crippen LogP contribution in [-0.4, -0.2) is 35.4 Å². The van der Waals surface area contributed by atoms with Crippen molar-refractivity contribution in [2.45, 2.75) is 24.9 Å². The fourth-order valence-electron chi connectivity index (χ4n) is 3.15. The van der Waals surface area contributed by atoms with Gasteiger partial charge in [-0.25, -0.2) is 4.98 Å². The molecule has 0 spiro atoms. The number of benzene rings is 1. The number of pyridine rings is 1. The number of rotatable bonds is 6. The summed E-state index contributed by atoms with van der Waals surface area (Å²) in [5, 5.41) is 5.77. The molecule has 3 aromatic rings. The van der Waals surface area contributed by atoms with E-state index >= 15 is 0 Å². The zero-order valence-corrected chi connectivity index (χ0v) is 15.1.